The summed E-state index contributed by atoms with van der Waals surface area (Å²) in [4.78, 5) is 17.7. The summed E-state index contributed by atoms with van der Waals surface area (Å²) < 4.78 is 7.98. The molecule has 3 heterocycles. The predicted octanol–water partition coefficient (Wildman–Crippen LogP) is 2.64. The van der Waals surface area contributed by atoms with E-state index in [9.17, 15) is 4.79 Å². The van der Waals surface area contributed by atoms with Crippen molar-refractivity contribution >= 4 is 5.91 Å². The van der Waals surface area contributed by atoms with E-state index in [1.807, 2.05) is 23.0 Å². The molecule has 7 heteroatoms. The summed E-state index contributed by atoms with van der Waals surface area (Å²) in [6.07, 6.45) is 4.48. The smallest absolute Gasteiger partial charge is 0.255 e. The molecular formula is C26H31N5O2. The largest absolute Gasteiger partial charge is 0.491 e. The number of ether oxygens (including phenoxy) is 1. The zero-order chi connectivity index (χ0) is 22.8. The van der Waals surface area contributed by atoms with E-state index in [0.717, 1.165) is 56.1 Å². The van der Waals surface area contributed by atoms with Crippen LogP contribution in [0.1, 0.15) is 32.6 Å². The zero-order valence-electron chi connectivity index (χ0n) is 19.4. The number of carbonyl (C=O) groups is 1. The van der Waals surface area contributed by atoms with Gasteiger partial charge in [0.15, 0.2) is 0 Å². The number of hydrogen-bond acceptors (Lipinski definition) is 5. The van der Waals surface area contributed by atoms with Crippen molar-refractivity contribution in [2.75, 3.05) is 46.4 Å². The Balaban J connectivity index is 1.47. The number of aromatic nitrogens is 2. The van der Waals surface area contributed by atoms with Crippen LogP contribution in [0.3, 0.4) is 0 Å². The third-order valence-electron chi connectivity index (χ3n) is 6.73. The van der Waals surface area contributed by atoms with Gasteiger partial charge in [-0.1, -0.05) is 12.1 Å². The first-order valence-corrected chi connectivity index (χ1v) is 11.6. The zero-order valence-corrected chi connectivity index (χ0v) is 19.4. The van der Waals surface area contributed by atoms with Gasteiger partial charge in [0.05, 0.1) is 17.8 Å². The van der Waals surface area contributed by atoms with E-state index in [-0.39, 0.29) is 5.91 Å². The Morgan fingerprint density at radius 2 is 1.91 bits per heavy atom. The van der Waals surface area contributed by atoms with E-state index in [2.05, 4.69) is 58.5 Å². The van der Waals surface area contributed by atoms with Crippen molar-refractivity contribution in [3.05, 3.63) is 76.6 Å². The number of fused-ring (bicyclic) bond motifs is 1. The lowest BCUT2D eigenvalue weighted by atomic mass is 9.92. The second-order valence-corrected chi connectivity index (χ2v) is 8.99. The van der Waals surface area contributed by atoms with Crippen molar-refractivity contribution in [3.8, 4) is 11.4 Å². The molecule has 172 valence electrons. The number of amides is 1. The topological polar surface area (TPSA) is 62.6 Å². The number of hydrogen-bond donors (Lipinski definition) is 1. The lowest BCUT2D eigenvalue weighted by molar-refractivity contribution is 0.0957. The summed E-state index contributed by atoms with van der Waals surface area (Å²) in [6.45, 7) is 8.18. The van der Waals surface area contributed by atoms with E-state index < -0.39 is 0 Å². The maximum atomic E-state index is 12.9. The Kier molecular flexibility index (Phi) is 6.15. The molecule has 0 spiro atoms. The van der Waals surface area contributed by atoms with Gasteiger partial charge in [0, 0.05) is 50.7 Å². The fourth-order valence-electron chi connectivity index (χ4n) is 4.63. The molecule has 33 heavy (non-hydrogen) atoms. The fraction of sp³-hybridized carbons (Fsp3) is 0.385. The molecule has 1 N–H and O–H groups in total. The fourth-order valence-corrected chi connectivity index (χ4v) is 4.63. The second-order valence-electron chi connectivity index (χ2n) is 8.99. The molecule has 0 radical (unpaired) electrons. The number of benzene rings is 2. The van der Waals surface area contributed by atoms with Crippen LogP contribution in [0.5, 0.6) is 5.75 Å². The van der Waals surface area contributed by atoms with E-state index >= 15 is 0 Å². The standard InChI is InChI=1S/C26H31N5O2/c1-19-21(16-20-4-6-22(7-5-20)31-10-3-8-28-31)17-23-25(33-15-9-27-26(23)32)24(19)18-30-13-11-29(2)12-14-30/h3-8,10,17H,9,11-16,18H2,1-2H3,(H,27,32). The molecule has 1 saturated heterocycles. The number of nitrogens with one attached hydrogen (secondary N) is 1. The number of piperazine rings is 1. The van der Waals surface area contributed by atoms with E-state index in [1.165, 1.54) is 16.7 Å². The van der Waals surface area contributed by atoms with Crippen LogP contribution >= 0.6 is 0 Å². The van der Waals surface area contributed by atoms with Crippen LogP contribution in [0.2, 0.25) is 0 Å². The monoisotopic (exact) mass is 445 g/mol. The van der Waals surface area contributed by atoms with Crippen LogP contribution in [-0.4, -0.2) is 71.9 Å². The molecule has 3 aromatic rings. The number of rotatable bonds is 5. The van der Waals surface area contributed by atoms with Crippen LogP contribution in [-0.2, 0) is 13.0 Å². The summed E-state index contributed by atoms with van der Waals surface area (Å²) in [5, 5.41) is 7.28. The molecule has 1 aromatic heterocycles. The lowest BCUT2D eigenvalue weighted by Crippen LogP contribution is -2.44. The lowest BCUT2D eigenvalue weighted by Gasteiger charge is -2.33. The highest BCUT2D eigenvalue weighted by Crippen LogP contribution is 2.33. The van der Waals surface area contributed by atoms with Gasteiger partial charge in [0.25, 0.3) is 5.91 Å². The molecule has 0 atom stereocenters. The number of likely N-dealkylation sites (N-methyl/N-ethyl adjacent to an activating group) is 1. The molecule has 0 bridgehead atoms. The molecule has 2 aromatic carbocycles. The molecule has 7 nitrogen and oxygen atoms in total. The van der Waals surface area contributed by atoms with Gasteiger partial charge in [-0.25, -0.2) is 4.68 Å². The van der Waals surface area contributed by atoms with Crippen molar-refractivity contribution in [2.45, 2.75) is 19.9 Å². The van der Waals surface area contributed by atoms with Crippen molar-refractivity contribution in [1.82, 2.24) is 24.9 Å². The molecule has 0 saturated carbocycles. The molecule has 0 aliphatic carbocycles. The Hall–Kier alpha value is -3.16. The minimum atomic E-state index is -0.0441. The second kappa shape index (κ2) is 9.37. The Morgan fingerprint density at radius 3 is 2.64 bits per heavy atom. The summed E-state index contributed by atoms with van der Waals surface area (Å²) >= 11 is 0. The van der Waals surface area contributed by atoms with Gasteiger partial charge in [0.1, 0.15) is 12.4 Å². The SMILES string of the molecule is Cc1c(Cc2ccc(-n3cccn3)cc2)cc2c(c1CN1CCN(C)CC1)OCCNC2=O. The third kappa shape index (κ3) is 4.65. The number of carbonyl (C=O) groups excluding carboxylic acids is 1. The molecule has 1 fully saturated rings. The maximum Gasteiger partial charge on any atom is 0.255 e. The van der Waals surface area contributed by atoms with Gasteiger partial charge in [0.2, 0.25) is 0 Å². The summed E-state index contributed by atoms with van der Waals surface area (Å²) in [6, 6.07) is 12.4. The van der Waals surface area contributed by atoms with Crippen molar-refractivity contribution < 1.29 is 9.53 Å². The first-order valence-electron chi connectivity index (χ1n) is 11.6. The Bertz CT molecular complexity index is 1120. The van der Waals surface area contributed by atoms with Gasteiger partial charge >= 0.3 is 0 Å². The molecule has 2 aliphatic rings. The molecule has 2 aliphatic heterocycles. The molecule has 0 unspecified atom stereocenters. The van der Waals surface area contributed by atoms with Gasteiger partial charge in [-0.3, -0.25) is 9.69 Å². The highest BCUT2D eigenvalue weighted by atomic mass is 16.5. The molecule has 5 rings (SSSR count). The van der Waals surface area contributed by atoms with E-state index in [4.69, 9.17) is 4.74 Å². The summed E-state index contributed by atoms with van der Waals surface area (Å²) in [7, 11) is 2.17. The van der Waals surface area contributed by atoms with Gasteiger partial charge in [-0.05, 0) is 61.3 Å². The van der Waals surface area contributed by atoms with Gasteiger partial charge in [-0.2, -0.15) is 5.10 Å². The minimum Gasteiger partial charge on any atom is -0.491 e. The third-order valence-corrected chi connectivity index (χ3v) is 6.73. The van der Waals surface area contributed by atoms with Crippen LogP contribution in [0.4, 0.5) is 0 Å². The molecular weight excluding hydrogens is 414 g/mol. The van der Waals surface area contributed by atoms with Crippen molar-refractivity contribution in [1.29, 1.82) is 0 Å². The normalized spacial score (nSPS) is 17.2. The van der Waals surface area contributed by atoms with Gasteiger partial charge < -0.3 is 15.0 Å². The summed E-state index contributed by atoms with van der Waals surface area (Å²) in [5.74, 6) is 0.719. The Morgan fingerprint density at radius 1 is 1.12 bits per heavy atom. The first kappa shape index (κ1) is 21.7. The quantitative estimate of drug-likeness (QED) is 0.654. The molecule has 1 amide bonds. The minimum absolute atomic E-state index is 0.0441. The average molecular weight is 446 g/mol. The van der Waals surface area contributed by atoms with E-state index in [1.54, 1.807) is 6.20 Å². The maximum absolute atomic E-state index is 12.9. The predicted molar refractivity (Wildman–Crippen MR) is 128 cm³/mol. The Labute approximate surface area is 195 Å². The van der Waals surface area contributed by atoms with E-state index in [0.29, 0.717) is 18.7 Å². The van der Waals surface area contributed by atoms with Crippen LogP contribution in [0.25, 0.3) is 5.69 Å². The van der Waals surface area contributed by atoms with Crippen LogP contribution in [0, 0.1) is 6.92 Å². The average Bonchev–Trinajstić information content (AvgIpc) is 3.30. The number of nitrogens with zero attached hydrogens (tertiary/aromatic N) is 4. The van der Waals surface area contributed by atoms with Crippen molar-refractivity contribution in [2.24, 2.45) is 0 Å². The van der Waals surface area contributed by atoms with Crippen LogP contribution in [0.15, 0.2) is 48.8 Å². The first-order chi connectivity index (χ1) is 16.1. The van der Waals surface area contributed by atoms with Crippen LogP contribution < -0.4 is 10.1 Å². The van der Waals surface area contributed by atoms with Crippen molar-refractivity contribution in [3.63, 3.8) is 0 Å². The highest BCUT2D eigenvalue weighted by molar-refractivity contribution is 5.98. The highest BCUT2D eigenvalue weighted by Gasteiger charge is 2.25. The van der Waals surface area contributed by atoms with Gasteiger partial charge in [-0.15, -0.1) is 0 Å². The summed E-state index contributed by atoms with van der Waals surface area (Å²) in [5.41, 5.74) is 6.44.